The lowest BCUT2D eigenvalue weighted by atomic mass is 9.99. The third-order valence-electron chi connectivity index (χ3n) is 3.12. The summed E-state index contributed by atoms with van der Waals surface area (Å²) >= 11 is 0. The quantitative estimate of drug-likeness (QED) is 0.882. The van der Waals surface area contributed by atoms with Crippen molar-refractivity contribution in [3.8, 4) is 11.1 Å². The van der Waals surface area contributed by atoms with Gasteiger partial charge >= 0.3 is 5.97 Å². The smallest absolute Gasteiger partial charge is 0.305 e. The lowest BCUT2D eigenvalue weighted by Gasteiger charge is -2.10. The van der Waals surface area contributed by atoms with Crippen molar-refractivity contribution in [2.75, 3.05) is 0 Å². The Bertz CT molecular complexity index is 558. The van der Waals surface area contributed by atoms with Crippen molar-refractivity contribution >= 4 is 5.97 Å². The summed E-state index contributed by atoms with van der Waals surface area (Å²) in [5.41, 5.74) is 10.1. The molecule has 0 fully saturated rings. The van der Waals surface area contributed by atoms with Crippen LogP contribution >= 0.6 is 0 Å². The van der Waals surface area contributed by atoms with Crippen molar-refractivity contribution in [1.29, 1.82) is 0 Å². The molecule has 3 nitrogen and oxygen atoms in total. The molecule has 2 rings (SSSR count). The Hall–Kier alpha value is -2.13. The lowest BCUT2D eigenvalue weighted by Crippen LogP contribution is -2.14. The summed E-state index contributed by atoms with van der Waals surface area (Å²) in [7, 11) is 0. The summed E-state index contributed by atoms with van der Waals surface area (Å²) < 4.78 is 0. The van der Waals surface area contributed by atoms with Crippen LogP contribution in [0.3, 0.4) is 0 Å². The van der Waals surface area contributed by atoms with Gasteiger partial charge in [0.05, 0.1) is 6.42 Å². The maximum Gasteiger partial charge on any atom is 0.305 e. The van der Waals surface area contributed by atoms with Crippen molar-refractivity contribution in [2.24, 2.45) is 5.73 Å². The van der Waals surface area contributed by atoms with E-state index in [-0.39, 0.29) is 6.42 Å². The van der Waals surface area contributed by atoms with Crippen LogP contribution in [0.2, 0.25) is 0 Å². The van der Waals surface area contributed by atoms with Crippen LogP contribution in [-0.4, -0.2) is 11.1 Å². The summed E-state index contributed by atoms with van der Waals surface area (Å²) in [6, 6.07) is 15.6. The van der Waals surface area contributed by atoms with E-state index >= 15 is 0 Å². The fraction of sp³-hybridized carbons (Fsp3) is 0.188. The van der Waals surface area contributed by atoms with Crippen LogP contribution in [0, 0.1) is 6.92 Å². The molecule has 98 valence electrons. The van der Waals surface area contributed by atoms with E-state index in [0.29, 0.717) is 0 Å². The highest BCUT2D eigenvalue weighted by atomic mass is 16.4. The summed E-state index contributed by atoms with van der Waals surface area (Å²) in [6.45, 7) is 2.05. The molecule has 0 radical (unpaired) electrons. The van der Waals surface area contributed by atoms with Crippen molar-refractivity contribution in [3.05, 3.63) is 59.7 Å². The van der Waals surface area contributed by atoms with Crippen molar-refractivity contribution < 1.29 is 9.90 Å². The first-order chi connectivity index (χ1) is 9.06. The Kier molecular flexibility index (Phi) is 3.97. The largest absolute Gasteiger partial charge is 0.481 e. The molecule has 2 aromatic rings. The van der Waals surface area contributed by atoms with Gasteiger partial charge in [-0.15, -0.1) is 0 Å². The van der Waals surface area contributed by atoms with Crippen molar-refractivity contribution in [2.45, 2.75) is 19.4 Å². The maximum atomic E-state index is 10.6. The number of carboxylic acid groups (broad SMARTS) is 1. The van der Waals surface area contributed by atoms with E-state index in [1.165, 1.54) is 5.56 Å². The summed E-state index contributed by atoms with van der Waals surface area (Å²) in [4.78, 5) is 10.6. The number of rotatable bonds is 4. The zero-order valence-corrected chi connectivity index (χ0v) is 10.8. The minimum atomic E-state index is -0.880. The van der Waals surface area contributed by atoms with Gasteiger partial charge < -0.3 is 10.8 Å². The molecule has 3 N–H and O–H groups in total. The predicted molar refractivity (Wildman–Crippen MR) is 75.8 cm³/mol. The van der Waals surface area contributed by atoms with Gasteiger partial charge in [0, 0.05) is 6.04 Å². The fourth-order valence-corrected chi connectivity index (χ4v) is 1.97. The molecule has 2 aromatic carbocycles. The Morgan fingerprint density at radius 1 is 1.05 bits per heavy atom. The molecule has 1 atom stereocenters. The van der Waals surface area contributed by atoms with E-state index in [4.69, 9.17) is 10.8 Å². The van der Waals surface area contributed by atoms with Gasteiger partial charge in [0.15, 0.2) is 0 Å². The normalized spacial score (nSPS) is 12.1. The third kappa shape index (κ3) is 3.42. The molecular formula is C16H17NO2. The van der Waals surface area contributed by atoms with E-state index < -0.39 is 12.0 Å². The van der Waals surface area contributed by atoms with Gasteiger partial charge in [0.2, 0.25) is 0 Å². The molecule has 0 saturated carbocycles. The molecule has 1 unspecified atom stereocenters. The molecule has 0 bridgehead atoms. The summed E-state index contributed by atoms with van der Waals surface area (Å²) in [5, 5.41) is 8.72. The molecule has 0 aliphatic heterocycles. The van der Waals surface area contributed by atoms with Crippen molar-refractivity contribution in [1.82, 2.24) is 0 Å². The first-order valence-corrected chi connectivity index (χ1v) is 6.20. The van der Waals surface area contributed by atoms with Gasteiger partial charge in [0.25, 0.3) is 0 Å². The first kappa shape index (κ1) is 13.3. The van der Waals surface area contributed by atoms with Crippen LogP contribution in [0.4, 0.5) is 0 Å². The van der Waals surface area contributed by atoms with Crippen LogP contribution in [-0.2, 0) is 4.79 Å². The SMILES string of the molecule is Cc1ccc(-c2ccc(C(N)CC(=O)O)cc2)cc1. The zero-order valence-electron chi connectivity index (χ0n) is 10.8. The van der Waals surface area contributed by atoms with Gasteiger partial charge in [-0.2, -0.15) is 0 Å². The minimum absolute atomic E-state index is 0.0517. The molecule has 19 heavy (non-hydrogen) atoms. The maximum absolute atomic E-state index is 10.6. The van der Waals surface area contributed by atoms with Crippen LogP contribution in [0.1, 0.15) is 23.6 Å². The summed E-state index contributed by atoms with van der Waals surface area (Å²) in [5.74, 6) is -0.880. The molecule has 0 amide bonds. The molecular weight excluding hydrogens is 238 g/mol. The number of aryl methyl sites for hydroxylation is 1. The van der Waals surface area contributed by atoms with Crippen LogP contribution in [0.5, 0.6) is 0 Å². The van der Waals surface area contributed by atoms with Gasteiger partial charge in [-0.3, -0.25) is 4.79 Å². The number of aliphatic carboxylic acids is 1. The standard InChI is InChI=1S/C16H17NO2/c1-11-2-4-12(5-3-11)13-6-8-14(9-7-13)15(17)10-16(18)19/h2-9,15H,10,17H2,1H3,(H,18,19). The first-order valence-electron chi connectivity index (χ1n) is 6.20. The second-order valence-corrected chi connectivity index (χ2v) is 4.69. The fourth-order valence-electron chi connectivity index (χ4n) is 1.97. The molecule has 3 heteroatoms. The van der Waals surface area contributed by atoms with Crippen molar-refractivity contribution in [3.63, 3.8) is 0 Å². The van der Waals surface area contributed by atoms with Crippen LogP contribution in [0.25, 0.3) is 11.1 Å². The summed E-state index contributed by atoms with van der Waals surface area (Å²) in [6.07, 6.45) is -0.0517. The predicted octanol–water partition coefficient (Wildman–Crippen LogP) is 3.14. The van der Waals surface area contributed by atoms with Crippen LogP contribution < -0.4 is 5.73 Å². The molecule has 0 aliphatic carbocycles. The highest BCUT2D eigenvalue weighted by molar-refractivity contribution is 5.68. The average molecular weight is 255 g/mol. The van der Waals surface area contributed by atoms with Gasteiger partial charge in [-0.25, -0.2) is 0 Å². The van der Waals surface area contributed by atoms with E-state index in [9.17, 15) is 4.79 Å². The van der Waals surface area contributed by atoms with E-state index in [2.05, 4.69) is 31.2 Å². The molecule has 0 spiro atoms. The third-order valence-corrected chi connectivity index (χ3v) is 3.12. The highest BCUT2D eigenvalue weighted by Gasteiger charge is 2.10. The lowest BCUT2D eigenvalue weighted by molar-refractivity contribution is -0.137. The van der Waals surface area contributed by atoms with Gasteiger partial charge in [0.1, 0.15) is 0 Å². The number of nitrogens with two attached hydrogens (primary N) is 1. The zero-order chi connectivity index (χ0) is 13.8. The van der Waals surface area contributed by atoms with Gasteiger partial charge in [-0.05, 0) is 23.6 Å². The topological polar surface area (TPSA) is 63.3 Å². The van der Waals surface area contributed by atoms with E-state index in [1.54, 1.807) is 0 Å². The average Bonchev–Trinajstić information content (AvgIpc) is 2.39. The molecule has 0 saturated heterocycles. The van der Waals surface area contributed by atoms with Gasteiger partial charge in [-0.1, -0.05) is 54.1 Å². The second-order valence-electron chi connectivity index (χ2n) is 4.69. The Balaban J connectivity index is 2.18. The van der Waals surface area contributed by atoms with E-state index in [1.807, 2.05) is 24.3 Å². The number of carboxylic acids is 1. The number of benzene rings is 2. The monoisotopic (exact) mass is 255 g/mol. The minimum Gasteiger partial charge on any atom is -0.481 e. The van der Waals surface area contributed by atoms with Crippen LogP contribution in [0.15, 0.2) is 48.5 Å². The Morgan fingerprint density at radius 3 is 2.00 bits per heavy atom. The number of hydrogen-bond donors (Lipinski definition) is 2. The molecule has 0 aliphatic rings. The number of hydrogen-bond acceptors (Lipinski definition) is 2. The van der Waals surface area contributed by atoms with E-state index in [0.717, 1.165) is 16.7 Å². The molecule has 0 aromatic heterocycles. The molecule has 0 heterocycles. The Morgan fingerprint density at radius 2 is 1.53 bits per heavy atom. The highest BCUT2D eigenvalue weighted by Crippen LogP contribution is 2.22. The second kappa shape index (κ2) is 5.67. The Labute approximate surface area is 112 Å². The number of carbonyl (C=O) groups is 1.